The lowest BCUT2D eigenvalue weighted by molar-refractivity contribution is 0.676. The van der Waals surface area contributed by atoms with Crippen molar-refractivity contribution in [2.45, 2.75) is 19.9 Å². The molecule has 19 heavy (non-hydrogen) atoms. The predicted molar refractivity (Wildman–Crippen MR) is 74.6 cm³/mol. The lowest BCUT2D eigenvalue weighted by Crippen LogP contribution is -2.28. The van der Waals surface area contributed by atoms with Crippen molar-refractivity contribution >= 4 is 5.82 Å². The Bertz CT molecular complexity index is 574. The van der Waals surface area contributed by atoms with Crippen LogP contribution in [0.25, 0.3) is 0 Å². The van der Waals surface area contributed by atoms with E-state index < -0.39 is 0 Å². The SMILES string of the molecule is CCN(c1ncccc1C#N)C(C)c1cccnc1. The van der Waals surface area contributed by atoms with E-state index in [0.29, 0.717) is 5.56 Å². The molecule has 0 bridgehead atoms. The third kappa shape index (κ3) is 2.71. The van der Waals surface area contributed by atoms with Crippen LogP contribution in [0.4, 0.5) is 5.82 Å². The van der Waals surface area contributed by atoms with Gasteiger partial charge in [0.2, 0.25) is 0 Å². The third-order valence-corrected chi connectivity index (χ3v) is 3.15. The van der Waals surface area contributed by atoms with Gasteiger partial charge in [-0.1, -0.05) is 6.07 Å². The van der Waals surface area contributed by atoms with Gasteiger partial charge in [0.1, 0.15) is 11.9 Å². The van der Waals surface area contributed by atoms with E-state index in [1.807, 2.05) is 18.3 Å². The summed E-state index contributed by atoms with van der Waals surface area (Å²) in [6.07, 6.45) is 5.32. The first-order valence-corrected chi connectivity index (χ1v) is 6.29. The third-order valence-electron chi connectivity index (χ3n) is 3.15. The summed E-state index contributed by atoms with van der Waals surface area (Å²) < 4.78 is 0. The van der Waals surface area contributed by atoms with E-state index in [9.17, 15) is 5.26 Å². The van der Waals surface area contributed by atoms with E-state index in [1.165, 1.54) is 0 Å². The molecule has 96 valence electrons. The Balaban J connectivity index is 2.38. The Labute approximate surface area is 113 Å². The first-order chi connectivity index (χ1) is 9.27. The van der Waals surface area contributed by atoms with Gasteiger partial charge >= 0.3 is 0 Å². The summed E-state index contributed by atoms with van der Waals surface area (Å²) in [4.78, 5) is 10.6. The molecule has 4 nitrogen and oxygen atoms in total. The minimum Gasteiger partial charge on any atom is -0.349 e. The van der Waals surface area contributed by atoms with Gasteiger partial charge in [0.15, 0.2) is 0 Å². The van der Waals surface area contributed by atoms with Crippen LogP contribution < -0.4 is 4.90 Å². The number of hydrogen-bond acceptors (Lipinski definition) is 4. The molecule has 0 aliphatic rings. The van der Waals surface area contributed by atoms with Crippen molar-refractivity contribution in [3.05, 3.63) is 54.0 Å². The van der Waals surface area contributed by atoms with E-state index in [1.54, 1.807) is 24.5 Å². The molecular weight excluding hydrogens is 236 g/mol. The molecule has 1 atom stereocenters. The fourth-order valence-electron chi connectivity index (χ4n) is 2.12. The van der Waals surface area contributed by atoms with E-state index in [0.717, 1.165) is 17.9 Å². The molecule has 0 spiro atoms. The van der Waals surface area contributed by atoms with Crippen LogP contribution in [0.2, 0.25) is 0 Å². The Morgan fingerprint density at radius 2 is 2.11 bits per heavy atom. The minimum atomic E-state index is 0.126. The number of rotatable bonds is 4. The lowest BCUT2D eigenvalue weighted by atomic mass is 10.1. The van der Waals surface area contributed by atoms with Crippen LogP contribution in [0, 0.1) is 11.3 Å². The zero-order valence-corrected chi connectivity index (χ0v) is 11.1. The van der Waals surface area contributed by atoms with Gasteiger partial charge < -0.3 is 4.90 Å². The first-order valence-electron chi connectivity index (χ1n) is 6.29. The van der Waals surface area contributed by atoms with Crippen molar-refractivity contribution in [3.8, 4) is 6.07 Å². The molecule has 0 saturated heterocycles. The summed E-state index contributed by atoms with van der Waals surface area (Å²) >= 11 is 0. The van der Waals surface area contributed by atoms with Crippen LogP contribution in [0.3, 0.4) is 0 Å². The number of nitrogens with zero attached hydrogens (tertiary/aromatic N) is 4. The molecular formula is C15H16N4. The molecule has 0 N–H and O–H groups in total. The molecule has 2 aromatic heterocycles. The maximum atomic E-state index is 9.19. The monoisotopic (exact) mass is 252 g/mol. The molecule has 0 radical (unpaired) electrons. The van der Waals surface area contributed by atoms with Gasteiger partial charge in [0.25, 0.3) is 0 Å². The van der Waals surface area contributed by atoms with Gasteiger partial charge in [-0.05, 0) is 37.6 Å². The highest BCUT2D eigenvalue weighted by Crippen LogP contribution is 2.26. The van der Waals surface area contributed by atoms with Crippen LogP contribution >= 0.6 is 0 Å². The van der Waals surface area contributed by atoms with Crippen molar-refractivity contribution < 1.29 is 0 Å². The average molecular weight is 252 g/mol. The molecule has 2 aromatic rings. The van der Waals surface area contributed by atoms with Crippen LogP contribution in [0.5, 0.6) is 0 Å². The maximum absolute atomic E-state index is 9.19. The van der Waals surface area contributed by atoms with Gasteiger partial charge in [-0.3, -0.25) is 4.98 Å². The summed E-state index contributed by atoms with van der Waals surface area (Å²) in [6, 6.07) is 9.85. The average Bonchev–Trinajstić information content (AvgIpc) is 2.49. The molecule has 0 fully saturated rings. The van der Waals surface area contributed by atoms with Gasteiger partial charge in [-0.15, -0.1) is 0 Å². The van der Waals surface area contributed by atoms with Crippen LogP contribution in [0.1, 0.15) is 31.0 Å². The molecule has 0 aromatic carbocycles. The molecule has 0 aliphatic heterocycles. The molecule has 1 unspecified atom stereocenters. The number of anilines is 1. The minimum absolute atomic E-state index is 0.126. The predicted octanol–water partition coefficient (Wildman–Crippen LogP) is 2.94. The van der Waals surface area contributed by atoms with Gasteiger partial charge in [-0.2, -0.15) is 5.26 Å². The Morgan fingerprint density at radius 3 is 2.74 bits per heavy atom. The molecule has 2 heterocycles. The number of hydrogen-bond donors (Lipinski definition) is 0. The molecule has 0 amide bonds. The lowest BCUT2D eigenvalue weighted by Gasteiger charge is -2.29. The standard InChI is InChI=1S/C15H16N4/c1-3-19(12(2)14-7-4-8-17-11-14)15-13(10-16)6-5-9-18-15/h4-9,11-12H,3H2,1-2H3. The fraction of sp³-hybridized carbons (Fsp3) is 0.267. The topological polar surface area (TPSA) is 52.8 Å². The van der Waals surface area contributed by atoms with E-state index in [-0.39, 0.29) is 6.04 Å². The highest BCUT2D eigenvalue weighted by Gasteiger charge is 2.18. The maximum Gasteiger partial charge on any atom is 0.146 e. The van der Waals surface area contributed by atoms with E-state index in [2.05, 4.69) is 34.8 Å². The van der Waals surface area contributed by atoms with Crippen molar-refractivity contribution in [1.82, 2.24) is 9.97 Å². The molecule has 0 saturated carbocycles. The van der Waals surface area contributed by atoms with Crippen molar-refractivity contribution in [3.63, 3.8) is 0 Å². The second-order valence-electron chi connectivity index (χ2n) is 4.23. The van der Waals surface area contributed by atoms with Crippen molar-refractivity contribution in [2.75, 3.05) is 11.4 Å². The summed E-state index contributed by atoms with van der Waals surface area (Å²) in [6.45, 7) is 4.93. The van der Waals surface area contributed by atoms with Crippen molar-refractivity contribution in [2.24, 2.45) is 0 Å². The summed E-state index contributed by atoms with van der Waals surface area (Å²) in [5, 5.41) is 9.19. The highest BCUT2D eigenvalue weighted by atomic mass is 15.2. The second kappa shape index (κ2) is 5.96. The Hall–Kier alpha value is -2.41. The van der Waals surface area contributed by atoms with Gasteiger partial charge in [0.05, 0.1) is 11.6 Å². The summed E-state index contributed by atoms with van der Waals surface area (Å²) in [7, 11) is 0. The summed E-state index contributed by atoms with van der Waals surface area (Å²) in [5.41, 5.74) is 1.71. The Kier molecular flexibility index (Phi) is 4.09. The van der Waals surface area contributed by atoms with Crippen molar-refractivity contribution in [1.29, 1.82) is 5.26 Å². The zero-order valence-electron chi connectivity index (χ0n) is 11.1. The first kappa shape index (κ1) is 13.0. The number of nitriles is 1. The second-order valence-corrected chi connectivity index (χ2v) is 4.23. The normalized spacial score (nSPS) is 11.6. The highest BCUT2D eigenvalue weighted by molar-refractivity contribution is 5.54. The number of aromatic nitrogens is 2. The quantitative estimate of drug-likeness (QED) is 0.839. The Morgan fingerprint density at radius 1 is 1.32 bits per heavy atom. The number of pyridine rings is 2. The van der Waals surface area contributed by atoms with E-state index >= 15 is 0 Å². The van der Waals surface area contributed by atoms with Crippen LogP contribution in [-0.2, 0) is 0 Å². The van der Waals surface area contributed by atoms with Crippen LogP contribution in [-0.4, -0.2) is 16.5 Å². The van der Waals surface area contributed by atoms with E-state index in [4.69, 9.17) is 0 Å². The van der Waals surface area contributed by atoms with Gasteiger partial charge in [-0.25, -0.2) is 4.98 Å². The summed E-state index contributed by atoms with van der Waals surface area (Å²) in [5.74, 6) is 0.726. The molecule has 0 aliphatic carbocycles. The molecule has 2 rings (SSSR count). The smallest absolute Gasteiger partial charge is 0.146 e. The molecule has 4 heteroatoms. The van der Waals surface area contributed by atoms with Gasteiger partial charge in [0, 0.05) is 25.1 Å². The van der Waals surface area contributed by atoms with Crippen LogP contribution in [0.15, 0.2) is 42.9 Å². The largest absolute Gasteiger partial charge is 0.349 e. The fourth-order valence-corrected chi connectivity index (χ4v) is 2.12. The zero-order chi connectivity index (χ0) is 13.7.